The average molecular weight is 353 g/mol. The largest absolute Gasteiger partial charge is 0.384 e. The van der Waals surface area contributed by atoms with Crippen LogP contribution in [0.3, 0.4) is 0 Å². The van der Waals surface area contributed by atoms with E-state index in [1.807, 2.05) is 18.2 Å². The Morgan fingerprint density at radius 1 is 1.25 bits per heavy atom. The van der Waals surface area contributed by atoms with Crippen LogP contribution in [0.4, 0.5) is 5.69 Å². The first kappa shape index (κ1) is 13.6. The number of carbonyl (C=O) groups is 1. The molecule has 1 atom stereocenters. The van der Waals surface area contributed by atoms with Gasteiger partial charge in [0.25, 0.3) is 0 Å². The van der Waals surface area contributed by atoms with Crippen LogP contribution in [0.2, 0.25) is 5.02 Å². The second-order valence-corrected chi connectivity index (χ2v) is 6.03. The predicted octanol–water partition coefficient (Wildman–Crippen LogP) is 3.68. The summed E-state index contributed by atoms with van der Waals surface area (Å²) >= 11 is 9.50. The maximum absolute atomic E-state index is 11.3. The SMILES string of the molecule is O=C1Cc2cc(C(O)c3cc(Br)ccc3Cl)ccc2N1. The summed E-state index contributed by atoms with van der Waals surface area (Å²) in [5, 5.41) is 13.8. The summed E-state index contributed by atoms with van der Waals surface area (Å²) in [6, 6.07) is 10.8. The zero-order chi connectivity index (χ0) is 14.3. The van der Waals surface area contributed by atoms with E-state index in [1.165, 1.54) is 0 Å². The summed E-state index contributed by atoms with van der Waals surface area (Å²) in [6.07, 6.45) is -0.469. The minimum Gasteiger partial charge on any atom is -0.384 e. The predicted molar refractivity (Wildman–Crippen MR) is 82.0 cm³/mol. The molecule has 1 aliphatic heterocycles. The van der Waals surface area contributed by atoms with Crippen LogP contribution in [0, 0.1) is 0 Å². The number of amides is 1. The Balaban J connectivity index is 1.99. The van der Waals surface area contributed by atoms with Crippen molar-refractivity contribution in [2.75, 3.05) is 5.32 Å². The highest BCUT2D eigenvalue weighted by atomic mass is 79.9. The molecule has 2 N–H and O–H groups in total. The summed E-state index contributed by atoms with van der Waals surface area (Å²) in [4.78, 5) is 11.3. The molecule has 0 spiro atoms. The lowest BCUT2D eigenvalue weighted by molar-refractivity contribution is -0.115. The first-order valence-corrected chi connectivity index (χ1v) is 7.27. The van der Waals surface area contributed by atoms with Gasteiger partial charge < -0.3 is 10.4 Å². The van der Waals surface area contributed by atoms with Crippen molar-refractivity contribution in [1.82, 2.24) is 0 Å². The quantitative estimate of drug-likeness (QED) is 0.866. The van der Waals surface area contributed by atoms with Gasteiger partial charge in [-0.15, -0.1) is 0 Å². The van der Waals surface area contributed by atoms with E-state index in [1.54, 1.807) is 18.2 Å². The van der Waals surface area contributed by atoms with E-state index >= 15 is 0 Å². The zero-order valence-corrected chi connectivity index (χ0v) is 12.7. The molecule has 1 amide bonds. The van der Waals surface area contributed by atoms with E-state index in [9.17, 15) is 9.90 Å². The molecule has 0 bridgehead atoms. The summed E-state index contributed by atoms with van der Waals surface area (Å²) in [6.45, 7) is 0. The number of aliphatic hydroxyl groups is 1. The molecule has 0 saturated carbocycles. The third-order valence-electron chi connectivity index (χ3n) is 3.32. The first-order chi connectivity index (χ1) is 9.54. The summed E-state index contributed by atoms with van der Waals surface area (Å²) < 4.78 is 0.856. The van der Waals surface area contributed by atoms with Crippen molar-refractivity contribution < 1.29 is 9.90 Å². The molecule has 3 rings (SSSR count). The number of hydrogen-bond donors (Lipinski definition) is 2. The van der Waals surface area contributed by atoms with Gasteiger partial charge in [0.15, 0.2) is 0 Å². The van der Waals surface area contributed by atoms with Gasteiger partial charge in [0.05, 0.1) is 6.42 Å². The molecule has 102 valence electrons. The maximum atomic E-state index is 11.3. The van der Waals surface area contributed by atoms with Crippen molar-refractivity contribution in [3.8, 4) is 0 Å². The van der Waals surface area contributed by atoms with Gasteiger partial charge in [-0.25, -0.2) is 0 Å². The van der Waals surface area contributed by atoms with E-state index in [4.69, 9.17) is 11.6 Å². The molecule has 0 radical (unpaired) electrons. The lowest BCUT2D eigenvalue weighted by atomic mass is 9.99. The average Bonchev–Trinajstić information content (AvgIpc) is 2.79. The molecule has 0 aromatic heterocycles. The topological polar surface area (TPSA) is 49.3 Å². The molecule has 2 aromatic carbocycles. The van der Waals surface area contributed by atoms with Gasteiger partial charge in [0.1, 0.15) is 6.10 Å². The molecule has 2 aromatic rings. The highest BCUT2D eigenvalue weighted by molar-refractivity contribution is 9.10. The van der Waals surface area contributed by atoms with Crippen molar-refractivity contribution in [3.05, 3.63) is 62.6 Å². The summed E-state index contributed by atoms with van der Waals surface area (Å²) in [5.74, 6) is -0.0212. The van der Waals surface area contributed by atoms with Gasteiger partial charge in [-0.1, -0.05) is 39.7 Å². The molecule has 0 fully saturated rings. The summed E-state index contributed by atoms with van der Waals surface area (Å²) in [5.41, 5.74) is 3.07. The van der Waals surface area contributed by atoms with Gasteiger partial charge in [0, 0.05) is 20.7 Å². The Bertz CT molecular complexity index is 702. The van der Waals surface area contributed by atoms with Crippen LogP contribution in [-0.4, -0.2) is 11.0 Å². The van der Waals surface area contributed by atoms with Gasteiger partial charge in [0.2, 0.25) is 5.91 Å². The Hall–Kier alpha value is -1.36. The number of carbonyl (C=O) groups excluding carboxylic acids is 1. The molecule has 0 saturated heterocycles. The lowest BCUT2D eigenvalue weighted by Crippen LogP contribution is -2.03. The molecular weight excluding hydrogens is 342 g/mol. The normalized spacial score (nSPS) is 14.8. The van der Waals surface area contributed by atoms with Crippen molar-refractivity contribution in [3.63, 3.8) is 0 Å². The standard InChI is InChI=1S/C15H11BrClNO2/c16-10-2-3-12(17)11(7-10)15(20)8-1-4-13-9(5-8)6-14(19)18-13/h1-5,7,15,20H,6H2,(H,18,19). The van der Waals surface area contributed by atoms with Gasteiger partial charge >= 0.3 is 0 Å². The number of nitrogens with one attached hydrogen (secondary N) is 1. The highest BCUT2D eigenvalue weighted by Gasteiger charge is 2.21. The van der Waals surface area contributed by atoms with E-state index < -0.39 is 6.10 Å². The molecule has 20 heavy (non-hydrogen) atoms. The fourth-order valence-corrected chi connectivity index (χ4v) is 2.92. The van der Waals surface area contributed by atoms with Crippen LogP contribution in [0.15, 0.2) is 40.9 Å². The van der Waals surface area contributed by atoms with Crippen molar-refractivity contribution in [1.29, 1.82) is 0 Å². The Kier molecular flexibility index (Phi) is 3.54. The summed E-state index contributed by atoms with van der Waals surface area (Å²) in [7, 11) is 0. The molecule has 1 heterocycles. The Morgan fingerprint density at radius 2 is 2.05 bits per heavy atom. The van der Waals surface area contributed by atoms with Crippen LogP contribution >= 0.6 is 27.5 Å². The van der Waals surface area contributed by atoms with Gasteiger partial charge in [-0.2, -0.15) is 0 Å². The minimum absolute atomic E-state index is 0.0212. The van der Waals surface area contributed by atoms with E-state index in [-0.39, 0.29) is 5.91 Å². The molecule has 1 aliphatic rings. The van der Waals surface area contributed by atoms with Crippen molar-refractivity contribution in [2.24, 2.45) is 0 Å². The van der Waals surface area contributed by atoms with E-state index in [2.05, 4.69) is 21.2 Å². The van der Waals surface area contributed by atoms with E-state index in [0.717, 1.165) is 21.3 Å². The molecule has 1 unspecified atom stereocenters. The first-order valence-electron chi connectivity index (χ1n) is 6.10. The fourth-order valence-electron chi connectivity index (χ4n) is 2.32. The monoisotopic (exact) mass is 351 g/mol. The van der Waals surface area contributed by atoms with Crippen LogP contribution in [0.1, 0.15) is 22.8 Å². The molecule has 5 heteroatoms. The van der Waals surface area contributed by atoms with Crippen LogP contribution in [0.5, 0.6) is 0 Å². The molecular formula is C15H11BrClNO2. The second-order valence-electron chi connectivity index (χ2n) is 4.71. The minimum atomic E-state index is -0.819. The Morgan fingerprint density at radius 3 is 2.85 bits per heavy atom. The van der Waals surface area contributed by atoms with E-state index in [0.29, 0.717) is 17.0 Å². The van der Waals surface area contributed by atoms with Crippen LogP contribution in [0.25, 0.3) is 0 Å². The Labute approximate surface area is 129 Å². The van der Waals surface area contributed by atoms with Crippen LogP contribution in [-0.2, 0) is 11.2 Å². The van der Waals surface area contributed by atoms with Crippen molar-refractivity contribution >= 4 is 39.1 Å². The second kappa shape index (κ2) is 5.20. The molecule has 0 aliphatic carbocycles. The lowest BCUT2D eigenvalue weighted by Gasteiger charge is -2.14. The third kappa shape index (κ3) is 2.46. The van der Waals surface area contributed by atoms with Gasteiger partial charge in [-0.05, 0) is 35.4 Å². The number of rotatable bonds is 2. The van der Waals surface area contributed by atoms with Crippen LogP contribution < -0.4 is 5.32 Å². The number of aliphatic hydroxyl groups excluding tert-OH is 1. The van der Waals surface area contributed by atoms with Gasteiger partial charge in [-0.3, -0.25) is 4.79 Å². The number of benzene rings is 2. The fraction of sp³-hybridized carbons (Fsp3) is 0.133. The number of anilines is 1. The maximum Gasteiger partial charge on any atom is 0.228 e. The smallest absolute Gasteiger partial charge is 0.228 e. The van der Waals surface area contributed by atoms with Crippen molar-refractivity contribution in [2.45, 2.75) is 12.5 Å². The zero-order valence-electron chi connectivity index (χ0n) is 10.4. The third-order valence-corrected chi connectivity index (χ3v) is 4.16. The molecule has 3 nitrogen and oxygen atoms in total. The highest BCUT2D eigenvalue weighted by Crippen LogP contribution is 2.33. The number of halogens is 2. The number of hydrogen-bond acceptors (Lipinski definition) is 2. The number of fused-ring (bicyclic) bond motifs is 1.